The maximum atomic E-state index is 14.3. The Balaban J connectivity index is 2.24. The van der Waals surface area contributed by atoms with E-state index in [9.17, 15) is 81.2 Å². The van der Waals surface area contributed by atoms with E-state index >= 15 is 0 Å². The average molecular weight is 789 g/mol. The van der Waals surface area contributed by atoms with Crippen LogP contribution in [0.25, 0.3) is 0 Å². The summed E-state index contributed by atoms with van der Waals surface area (Å²) in [7, 11) is 1.08. The third-order valence-electron chi connectivity index (χ3n) is 9.83. The van der Waals surface area contributed by atoms with Crippen molar-refractivity contribution < 1.29 is 81.2 Å². The summed E-state index contributed by atoms with van der Waals surface area (Å²) in [4.78, 5) is 27.3. The molecule has 2 fully saturated rings. The van der Waals surface area contributed by atoms with Gasteiger partial charge in [0.2, 0.25) is 5.91 Å². The lowest BCUT2D eigenvalue weighted by atomic mass is 9.77. The van der Waals surface area contributed by atoms with Crippen LogP contribution >= 0.6 is 0 Å². The van der Waals surface area contributed by atoms with E-state index in [1.807, 2.05) is 0 Å². The molecule has 2 saturated heterocycles. The number of urea groups is 1. The molecule has 1 aromatic rings. The summed E-state index contributed by atoms with van der Waals surface area (Å²) in [5, 5.41) is 87.8. The van der Waals surface area contributed by atoms with Gasteiger partial charge in [-0.05, 0) is 76.3 Å². The predicted molar refractivity (Wildman–Crippen MR) is 172 cm³/mol. The molecule has 3 rings (SSSR count). The van der Waals surface area contributed by atoms with Gasteiger partial charge >= 0.3 is 42.0 Å². The van der Waals surface area contributed by atoms with Gasteiger partial charge < -0.3 is 50.7 Å². The molecule has 1 aromatic carbocycles. The molecule has 0 aliphatic carbocycles. The van der Waals surface area contributed by atoms with Crippen molar-refractivity contribution in [3.63, 3.8) is 0 Å². The van der Waals surface area contributed by atoms with E-state index in [4.69, 9.17) is 0 Å². The number of piperazine rings is 1. The predicted octanol–water partition coefficient (Wildman–Crippen LogP) is 2.54. The monoisotopic (exact) mass is 788 g/mol. The lowest BCUT2D eigenvalue weighted by Gasteiger charge is -2.65. The number of allylic oxidation sites excluding steroid dienone is 3. The smallest absolute Gasteiger partial charge is 0.347 e. The van der Waals surface area contributed by atoms with Gasteiger partial charge in [-0.1, -0.05) is 23.8 Å². The maximum Gasteiger partial charge on any atom is 0.416 e. The first-order valence-corrected chi connectivity index (χ1v) is 16.2. The Hall–Kier alpha value is -3.67. The Kier molecular flexibility index (Phi) is 12.2. The fourth-order valence-corrected chi connectivity index (χ4v) is 6.95. The van der Waals surface area contributed by atoms with Gasteiger partial charge in [0.15, 0.2) is 0 Å². The Bertz CT molecular complexity index is 1630. The molecule has 14 nitrogen and oxygen atoms in total. The molecule has 21 heteroatoms. The van der Waals surface area contributed by atoms with Gasteiger partial charge in [0.25, 0.3) is 0 Å². The molecule has 2 aliphatic rings. The summed E-state index contributed by atoms with van der Waals surface area (Å²) in [5.41, 5.74) is -5.55. The Morgan fingerprint density at radius 2 is 1.39 bits per heavy atom. The van der Waals surface area contributed by atoms with Crippen LogP contribution in [0.4, 0.5) is 35.5 Å². The van der Waals surface area contributed by atoms with E-state index in [-0.39, 0.29) is 29.3 Å². The van der Waals surface area contributed by atoms with E-state index in [1.54, 1.807) is 0 Å². The van der Waals surface area contributed by atoms with Crippen LogP contribution < -0.4 is 0 Å². The normalized spacial score (nSPS) is 25.5. The molecule has 54 heavy (non-hydrogen) atoms. The van der Waals surface area contributed by atoms with Gasteiger partial charge in [-0.3, -0.25) is 4.79 Å². The van der Waals surface area contributed by atoms with Gasteiger partial charge in [0.1, 0.15) is 0 Å². The summed E-state index contributed by atoms with van der Waals surface area (Å²) >= 11 is 0. The number of benzene rings is 1. The van der Waals surface area contributed by atoms with Crippen LogP contribution in [0, 0.1) is 0 Å². The molecule has 0 bridgehead atoms. The fourth-order valence-electron chi connectivity index (χ4n) is 6.95. The van der Waals surface area contributed by atoms with Crippen molar-refractivity contribution in [1.29, 1.82) is 0 Å². The van der Waals surface area contributed by atoms with Crippen molar-refractivity contribution in [2.75, 3.05) is 13.6 Å². The van der Waals surface area contributed by atoms with Crippen LogP contribution in [0.15, 0.2) is 53.9 Å². The molecular weight excluding hydrogens is 745 g/mol. The molecular formula is C33H43F7N4O10. The Morgan fingerprint density at radius 3 is 1.80 bits per heavy atom. The molecule has 0 radical (unpaired) electrons. The molecule has 3 amide bonds. The number of carbonyl (C=O) groups is 2. The second-order valence-corrected chi connectivity index (χ2v) is 13.6. The van der Waals surface area contributed by atoms with Crippen LogP contribution in [0.5, 0.6) is 0 Å². The van der Waals surface area contributed by atoms with Crippen LogP contribution in [0.1, 0.15) is 76.6 Å². The van der Waals surface area contributed by atoms with Crippen molar-refractivity contribution in [3.8, 4) is 0 Å². The number of hydrogen-bond acceptors (Lipinski definition) is 11. The third-order valence-corrected chi connectivity index (χ3v) is 9.83. The van der Waals surface area contributed by atoms with Gasteiger partial charge in [-0.2, -0.15) is 31.2 Å². The highest BCUT2D eigenvalue weighted by Crippen LogP contribution is 2.51. The molecule has 304 valence electrons. The van der Waals surface area contributed by atoms with E-state index in [1.165, 1.54) is 26.0 Å². The summed E-state index contributed by atoms with van der Waals surface area (Å²) in [5.74, 6) is -19.1. The fraction of sp³-hybridized carbons (Fsp3) is 0.576. The zero-order valence-electron chi connectivity index (χ0n) is 29.9. The molecule has 0 aromatic heterocycles. The molecule has 3 unspecified atom stereocenters. The topological polar surface area (TPSA) is 209 Å². The van der Waals surface area contributed by atoms with Gasteiger partial charge in [0.05, 0.1) is 29.5 Å². The Morgan fingerprint density at radius 1 is 0.907 bits per heavy atom. The van der Waals surface area contributed by atoms with Crippen molar-refractivity contribution in [2.45, 2.75) is 108 Å². The number of aliphatic hydroxyl groups is 8. The first-order valence-electron chi connectivity index (χ1n) is 16.2. The first-order chi connectivity index (χ1) is 24.4. The lowest BCUT2D eigenvalue weighted by molar-refractivity contribution is -0.609. The highest BCUT2D eigenvalue weighted by molar-refractivity contribution is 5.76. The van der Waals surface area contributed by atoms with Crippen molar-refractivity contribution in [3.05, 3.63) is 70.6 Å². The molecule has 0 spiro atoms. The largest absolute Gasteiger partial charge is 0.416 e. The number of carbonyl (C=O) groups excluding carboxylic acids is 2. The second kappa shape index (κ2) is 14.8. The summed E-state index contributed by atoms with van der Waals surface area (Å²) in [6.07, 6.45) is -7.64. The van der Waals surface area contributed by atoms with Crippen molar-refractivity contribution >= 4 is 11.9 Å². The number of halogens is 7. The van der Waals surface area contributed by atoms with E-state index in [0.29, 0.717) is 24.6 Å². The van der Waals surface area contributed by atoms with Crippen LogP contribution in [-0.4, -0.2) is 121 Å². The highest BCUT2D eigenvalue weighted by Gasteiger charge is 2.80. The lowest BCUT2D eigenvalue weighted by Crippen LogP contribution is -2.93. The average Bonchev–Trinajstić information content (AvgIpc) is 3.02. The quantitative estimate of drug-likeness (QED) is 0.114. The molecule has 2 heterocycles. The minimum absolute atomic E-state index is 0.0792. The minimum Gasteiger partial charge on any atom is -0.347 e. The minimum atomic E-state index is -5.20. The summed E-state index contributed by atoms with van der Waals surface area (Å²) in [6.45, 7) is 5.17. The van der Waals surface area contributed by atoms with E-state index in [0.717, 1.165) is 36.8 Å². The molecule has 0 saturated carbocycles. The number of alkyl halides is 6. The van der Waals surface area contributed by atoms with Crippen LogP contribution in [0.2, 0.25) is 0 Å². The second-order valence-electron chi connectivity index (χ2n) is 13.6. The van der Waals surface area contributed by atoms with Gasteiger partial charge in [-0.25, -0.2) is 14.1 Å². The highest BCUT2D eigenvalue weighted by atomic mass is 19.4. The molecule has 8 N–H and O–H groups in total. The number of hydrogen-bond donors (Lipinski definition) is 8. The summed E-state index contributed by atoms with van der Waals surface area (Å²) in [6, 6.07) is -3.05. The zero-order chi connectivity index (χ0) is 41.8. The zero-order valence-corrected chi connectivity index (χ0v) is 29.9. The third kappa shape index (κ3) is 7.73. The van der Waals surface area contributed by atoms with Crippen LogP contribution in [0.3, 0.4) is 0 Å². The molecule has 2 aliphatic heterocycles. The Labute approximate surface area is 304 Å². The van der Waals surface area contributed by atoms with Crippen molar-refractivity contribution in [1.82, 2.24) is 19.6 Å². The first kappa shape index (κ1) is 44.7. The van der Waals surface area contributed by atoms with Crippen LogP contribution in [-0.2, 0) is 17.1 Å². The molecule has 3 atom stereocenters. The van der Waals surface area contributed by atoms with Gasteiger partial charge in [0, 0.05) is 26.1 Å². The standard InChI is InChI=1S/C33H43F7N4O10/c1-7-9-24(18(2)10-8-12-34)25-17-27(5,44-32(51,52)30(47,48)43(20(4)45)31(49,50)33(44,53)54)11-13-42(25)26(46)41(6)19(3)21-14-22(28(35,36)37)16-23(15-21)29(38,39)40/h7-9,12,14-16,19,25,47-54H,10-11,13,17H2,1-6H3. The number of likely N-dealkylation sites (tertiary alicyclic amines) is 1. The van der Waals surface area contributed by atoms with E-state index in [2.05, 4.69) is 0 Å². The number of amides is 3. The SMILES string of the molecule is CC=CC(=C(C)CC=CF)C1CC(C)(N2C(O)(O)C(O)(O)N(C(C)=O)C(O)(O)C2(O)O)CCN1C(=O)N(C)C(C)c1cc(C(F)(F)F)cc(C(F)(F)F)c1. The van der Waals surface area contributed by atoms with Crippen molar-refractivity contribution in [2.24, 2.45) is 0 Å². The van der Waals surface area contributed by atoms with E-state index < -0.39 is 107 Å². The number of piperidine rings is 1. The van der Waals surface area contributed by atoms with Gasteiger partial charge in [-0.15, -0.1) is 0 Å². The maximum absolute atomic E-state index is 14.3. The number of nitrogens with zero attached hydrogens (tertiary/aromatic N) is 4. The summed E-state index contributed by atoms with van der Waals surface area (Å²) < 4.78 is 95.1. The number of rotatable bonds is 7.